The van der Waals surface area contributed by atoms with Gasteiger partial charge >= 0.3 is 0 Å². The number of hydrogen-bond donors (Lipinski definition) is 2. The third-order valence-electron chi connectivity index (χ3n) is 5.42. The normalized spacial score (nSPS) is 10.8. The summed E-state index contributed by atoms with van der Waals surface area (Å²) in [6.45, 7) is 8.86. The molecule has 2 N–H and O–H groups in total. The van der Waals surface area contributed by atoms with E-state index in [4.69, 9.17) is 9.47 Å². The molecular weight excluding hydrogens is 478 g/mol. The first-order valence-electron chi connectivity index (χ1n) is 11.8. The third-order valence-corrected chi connectivity index (χ3v) is 6.38. The van der Waals surface area contributed by atoms with E-state index in [0.29, 0.717) is 34.9 Å². The quantitative estimate of drug-likeness (QED) is 0.352. The molecule has 0 bridgehead atoms. The van der Waals surface area contributed by atoms with Crippen molar-refractivity contribution in [3.8, 4) is 11.5 Å². The van der Waals surface area contributed by atoms with Gasteiger partial charge < -0.3 is 24.7 Å². The van der Waals surface area contributed by atoms with Gasteiger partial charge in [-0.25, -0.2) is 0 Å². The van der Waals surface area contributed by atoms with Gasteiger partial charge in [-0.3, -0.25) is 9.59 Å². The number of nitrogens with one attached hydrogen (secondary N) is 2. The molecule has 0 aliphatic rings. The van der Waals surface area contributed by atoms with Gasteiger partial charge in [0, 0.05) is 6.54 Å². The maximum atomic E-state index is 12.4. The zero-order valence-electron chi connectivity index (χ0n) is 21.3. The fraction of sp³-hybridized carbons (Fsp3) is 0.385. The Balaban J connectivity index is 1.52. The average molecular weight is 512 g/mol. The van der Waals surface area contributed by atoms with E-state index >= 15 is 0 Å². The van der Waals surface area contributed by atoms with Crippen molar-refractivity contribution >= 4 is 29.3 Å². The predicted octanol–water partition coefficient (Wildman–Crippen LogP) is 4.16. The number of nitrogens with zero attached hydrogens (tertiary/aromatic N) is 3. The number of hydrogen-bond acceptors (Lipinski definition) is 7. The van der Waals surface area contributed by atoms with Crippen LogP contribution in [0.15, 0.2) is 47.6 Å². The number of thioether (sulfide) groups is 1. The summed E-state index contributed by atoms with van der Waals surface area (Å²) in [4.78, 5) is 24.9. The van der Waals surface area contributed by atoms with Gasteiger partial charge in [0.05, 0.1) is 25.1 Å². The number of aromatic nitrogens is 3. The SMILES string of the molecule is CCn1c(CNC(=O)COc2cc(C)ccc2C(C)C)nnc1SCC(=O)Nc1ccccc1OC. The standard InChI is InChI=1S/C26H33N5O4S/c1-6-31-23(14-27-24(32)15-35-22-13-18(4)11-12-19(22)17(2)3)29-30-26(31)36-16-25(33)28-20-9-7-8-10-21(20)34-5/h7-13,17H,6,14-16H2,1-5H3,(H,27,32)(H,28,33). The number of anilines is 1. The molecule has 0 aliphatic carbocycles. The van der Waals surface area contributed by atoms with Gasteiger partial charge in [0.25, 0.3) is 5.91 Å². The van der Waals surface area contributed by atoms with Gasteiger partial charge in [-0.1, -0.05) is 49.9 Å². The number of methoxy groups -OCH3 is 1. The molecular formula is C26H33N5O4S. The van der Waals surface area contributed by atoms with E-state index in [0.717, 1.165) is 16.9 Å². The number of rotatable bonds is 12. The number of carbonyl (C=O) groups is 2. The van der Waals surface area contributed by atoms with E-state index in [2.05, 4.69) is 34.7 Å². The smallest absolute Gasteiger partial charge is 0.258 e. The Bertz CT molecular complexity index is 1190. The molecule has 10 heteroatoms. The molecule has 192 valence electrons. The molecule has 3 aromatic rings. The summed E-state index contributed by atoms with van der Waals surface area (Å²) in [5, 5.41) is 14.7. The minimum Gasteiger partial charge on any atom is -0.495 e. The summed E-state index contributed by atoms with van der Waals surface area (Å²) in [5.74, 6) is 1.95. The molecule has 0 saturated carbocycles. The van der Waals surface area contributed by atoms with Crippen LogP contribution in [-0.4, -0.2) is 46.0 Å². The van der Waals surface area contributed by atoms with Crippen LogP contribution in [0.1, 0.15) is 43.6 Å². The minimum atomic E-state index is -0.248. The summed E-state index contributed by atoms with van der Waals surface area (Å²) >= 11 is 1.28. The lowest BCUT2D eigenvalue weighted by atomic mass is 10.0. The second kappa shape index (κ2) is 13.0. The molecule has 1 heterocycles. The zero-order valence-corrected chi connectivity index (χ0v) is 22.1. The Hall–Kier alpha value is -3.53. The molecule has 2 aromatic carbocycles. The van der Waals surface area contributed by atoms with Crippen molar-refractivity contribution < 1.29 is 19.1 Å². The van der Waals surface area contributed by atoms with E-state index in [1.807, 2.05) is 48.7 Å². The van der Waals surface area contributed by atoms with E-state index in [-0.39, 0.29) is 30.7 Å². The van der Waals surface area contributed by atoms with Gasteiger partial charge in [-0.05, 0) is 49.1 Å². The van der Waals surface area contributed by atoms with Crippen molar-refractivity contribution in [2.75, 3.05) is 24.8 Å². The number of para-hydroxylation sites is 2. The number of benzene rings is 2. The van der Waals surface area contributed by atoms with Crippen LogP contribution in [0, 0.1) is 6.92 Å². The first-order chi connectivity index (χ1) is 17.3. The lowest BCUT2D eigenvalue weighted by Gasteiger charge is -2.15. The molecule has 36 heavy (non-hydrogen) atoms. The van der Waals surface area contributed by atoms with Crippen LogP contribution in [0.4, 0.5) is 5.69 Å². The summed E-state index contributed by atoms with van der Waals surface area (Å²) in [6, 6.07) is 13.3. The topological polar surface area (TPSA) is 107 Å². The Labute approximate surface area is 216 Å². The van der Waals surface area contributed by atoms with Crippen molar-refractivity contribution in [3.63, 3.8) is 0 Å². The molecule has 1 aromatic heterocycles. The van der Waals surface area contributed by atoms with Crippen molar-refractivity contribution in [1.82, 2.24) is 20.1 Å². The largest absolute Gasteiger partial charge is 0.495 e. The number of ether oxygens (including phenoxy) is 2. The van der Waals surface area contributed by atoms with Crippen LogP contribution in [0.25, 0.3) is 0 Å². The van der Waals surface area contributed by atoms with E-state index in [9.17, 15) is 9.59 Å². The van der Waals surface area contributed by atoms with Gasteiger partial charge in [-0.2, -0.15) is 0 Å². The molecule has 2 amide bonds. The molecule has 0 atom stereocenters. The Morgan fingerprint density at radius 3 is 2.58 bits per heavy atom. The van der Waals surface area contributed by atoms with Crippen LogP contribution in [0.3, 0.4) is 0 Å². The maximum Gasteiger partial charge on any atom is 0.258 e. The fourth-order valence-corrected chi connectivity index (χ4v) is 4.38. The highest BCUT2D eigenvalue weighted by Crippen LogP contribution is 2.27. The molecule has 0 saturated heterocycles. The first-order valence-corrected chi connectivity index (χ1v) is 12.8. The molecule has 3 rings (SSSR count). The minimum absolute atomic E-state index is 0.0891. The van der Waals surface area contributed by atoms with Crippen LogP contribution < -0.4 is 20.1 Å². The summed E-state index contributed by atoms with van der Waals surface area (Å²) in [7, 11) is 1.56. The first kappa shape index (κ1) is 27.1. The van der Waals surface area contributed by atoms with Crippen molar-refractivity contribution in [1.29, 1.82) is 0 Å². The molecule has 0 unspecified atom stereocenters. The summed E-state index contributed by atoms with van der Waals surface area (Å²) < 4.78 is 13.0. The number of amides is 2. The third kappa shape index (κ3) is 7.24. The van der Waals surface area contributed by atoms with Crippen LogP contribution in [0.2, 0.25) is 0 Å². The molecule has 0 aliphatic heterocycles. The summed E-state index contributed by atoms with van der Waals surface area (Å²) in [5.41, 5.74) is 2.75. The number of carbonyl (C=O) groups excluding carboxylic acids is 2. The van der Waals surface area contributed by atoms with Gasteiger partial charge in [-0.15, -0.1) is 10.2 Å². The number of aryl methyl sites for hydroxylation is 1. The van der Waals surface area contributed by atoms with Crippen LogP contribution in [-0.2, 0) is 22.7 Å². The lowest BCUT2D eigenvalue weighted by Crippen LogP contribution is -2.29. The molecule has 0 fully saturated rings. The zero-order chi connectivity index (χ0) is 26.1. The van der Waals surface area contributed by atoms with Crippen molar-refractivity contribution in [3.05, 3.63) is 59.4 Å². The monoisotopic (exact) mass is 511 g/mol. The van der Waals surface area contributed by atoms with Gasteiger partial charge in [0.1, 0.15) is 11.5 Å². The van der Waals surface area contributed by atoms with Gasteiger partial charge in [0.15, 0.2) is 17.6 Å². The maximum absolute atomic E-state index is 12.4. The lowest BCUT2D eigenvalue weighted by molar-refractivity contribution is -0.123. The average Bonchev–Trinajstić information content (AvgIpc) is 3.26. The van der Waals surface area contributed by atoms with E-state index < -0.39 is 0 Å². The van der Waals surface area contributed by atoms with Crippen molar-refractivity contribution in [2.24, 2.45) is 0 Å². The Kier molecular flexibility index (Phi) is 9.75. The Morgan fingerprint density at radius 2 is 1.86 bits per heavy atom. The van der Waals surface area contributed by atoms with Crippen molar-refractivity contribution in [2.45, 2.75) is 51.9 Å². The van der Waals surface area contributed by atoms with E-state index in [1.54, 1.807) is 19.2 Å². The highest BCUT2D eigenvalue weighted by molar-refractivity contribution is 7.99. The fourth-order valence-electron chi connectivity index (χ4n) is 3.55. The van der Waals surface area contributed by atoms with Crippen LogP contribution in [0.5, 0.6) is 11.5 Å². The highest BCUT2D eigenvalue weighted by Gasteiger charge is 2.16. The van der Waals surface area contributed by atoms with Crippen LogP contribution >= 0.6 is 11.8 Å². The van der Waals surface area contributed by atoms with Gasteiger partial charge in [0.2, 0.25) is 5.91 Å². The highest BCUT2D eigenvalue weighted by atomic mass is 32.2. The second-order valence-electron chi connectivity index (χ2n) is 8.44. The second-order valence-corrected chi connectivity index (χ2v) is 9.38. The molecule has 9 nitrogen and oxygen atoms in total. The van der Waals surface area contributed by atoms with E-state index in [1.165, 1.54) is 11.8 Å². The molecule has 0 radical (unpaired) electrons. The summed E-state index contributed by atoms with van der Waals surface area (Å²) in [6.07, 6.45) is 0. The predicted molar refractivity (Wildman–Crippen MR) is 141 cm³/mol. The molecule has 0 spiro atoms. The Morgan fingerprint density at radius 1 is 1.08 bits per heavy atom.